The number of fused-ring (bicyclic) bond motifs is 1. The standard InChI is InChI=1S/C19H28N6O3S/c1-3-12(23-11(2)26)17(28)24-14(8-6-10-22-19(20)21)16(27)18-25-13-7-4-5-9-15(13)29-18/h4-5,7,9,12,14,16,27H,3,6,8,10H2,1-2H3,(H,23,26)(H,24,28)(H4,20,21,22). The second-order valence-corrected chi connectivity index (χ2v) is 7.79. The van der Waals surface area contributed by atoms with Crippen LogP contribution < -0.4 is 21.7 Å². The van der Waals surface area contributed by atoms with Gasteiger partial charge in [0.1, 0.15) is 17.2 Å². The summed E-state index contributed by atoms with van der Waals surface area (Å²) in [6.07, 6.45) is 0.452. The molecule has 2 aromatic rings. The van der Waals surface area contributed by atoms with Crippen molar-refractivity contribution in [2.75, 3.05) is 6.54 Å². The molecule has 2 amide bonds. The van der Waals surface area contributed by atoms with E-state index in [0.717, 1.165) is 10.2 Å². The van der Waals surface area contributed by atoms with Crippen molar-refractivity contribution in [3.05, 3.63) is 29.3 Å². The number of amides is 2. The molecule has 0 saturated heterocycles. The summed E-state index contributed by atoms with van der Waals surface area (Å²) < 4.78 is 0.953. The zero-order valence-electron chi connectivity index (χ0n) is 16.6. The van der Waals surface area contributed by atoms with Gasteiger partial charge in [-0.1, -0.05) is 19.1 Å². The van der Waals surface area contributed by atoms with Gasteiger partial charge in [0.2, 0.25) is 11.8 Å². The van der Waals surface area contributed by atoms with E-state index < -0.39 is 18.2 Å². The van der Waals surface area contributed by atoms with E-state index in [4.69, 9.17) is 11.1 Å². The van der Waals surface area contributed by atoms with Crippen LogP contribution in [0.15, 0.2) is 24.3 Å². The molecule has 0 bridgehead atoms. The summed E-state index contributed by atoms with van der Waals surface area (Å²) in [6, 6.07) is 6.31. The van der Waals surface area contributed by atoms with E-state index in [-0.39, 0.29) is 17.8 Å². The van der Waals surface area contributed by atoms with Gasteiger partial charge in [0.25, 0.3) is 0 Å². The molecule has 0 fully saturated rings. The molecule has 1 aromatic heterocycles. The van der Waals surface area contributed by atoms with E-state index in [9.17, 15) is 14.7 Å². The number of aliphatic hydroxyl groups excluding tert-OH is 1. The number of carbonyl (C=O) groups is 2. The Morgan fingerprint density at radius 1 is 1.31 bits per heavy atom. The summed E-state index contributed by atoms with van der Waals surface area (Å²) in [5, 5.41) is 26.9. The number of thiazole rings is 1. The maximum absolute atomic E-state index is 12.6. The molecule has 0 radical (unpaired) electrons. The van der Waals surface area contributed by atoms with Gasteiger partial charge in [-0.25, -0.2) is 4.98 Å². The van der Waals surface area contributed by atoms with Gasteiger partial charge in [-0.15, -0.1) is 11.3 Å². The monoisotopic (exact) mass is 420 g/mol. The lowest BCUT2D eigenvalue weighted by molar-refractivity contribution is -0.129. The van der Waals surface area contributed by atoms with Crippen molar-refractivity contribution in [3.8, 4) is 0 Å². The fourth-order valence-electron chi connectivity index (χ4n) is 2.92. The number of benzene rings is 1. The van der Waals surface area contributed by atoms with Crippen LogP contribution in [0.2, 0.25) is 0 Å². The summed E-state index contributed by atoms with van der Waals surface area (Å²) in [6.45, 7) is 3.60. The maximum Gasteiger partial charge on any atom is 0.242 e. The van der Waals surface area contributed by atoms with Crippen molar-refractivity contribution < 1.29 is 14.7 Å². The topological polar surface area (TPSA) is 153 Å². The second kappa shape index (κ2) is 10.7. The van der Waals surface area contributed by atoms with Crippen LogP contribution in [0.3, 0.4) is 0 Å². The number of carbonyl (C=O) groups excluding carboxylic acids is 2. The highest BCUT2D eigenvalue weighted by atomic mass is 32.1. The first kappa shape index (κ1) is 22.6. The molecule has 0 aliphatic carbocycles. The highest BCUT2D eigenvalue weighted by Gasteiger charge is 2.28. The molecule has 158 valence electrons. The average Bonchev–Trinajstić information content (AvgIpc) is 3.11. The normalized spacial score (nSPS) is 14.0. The predicted octanol–water partition coefficient (Wildman–Crippen LogP) is 0.992. The van der Waals surface area contributed by atoms with E-state index in [1.807, 2.05) is 24.3 Å². The van der Waals surface area contributed by atoms with E-state index in [1.165, 1.54) is 18.3 Å². The van der Waals surface area contributed by atoms with Crippen LogP contribution in [0.25, 0.3) is 10.2 Å². The molecule has 7 N–H and O–H groups in total. The first-order chi connectivity index (χ1) is 13.8. The van der Waals surface area contributed by atoms with Gasteiger partial charge >= 0.3 is 0 Å². The van der Waals surface area contributed by atoms with Crippen LogP contribution in [0, 0.1) is 5.41 Å². The van der Waals surface area contributed by atoms with Crippen molar-refractivity contribution in [3.63, 3.8) is 0 Å². The SMILES string of the molecule is CCC(NC(C)=O)C(=O)NC(CCCNC(=N)N)C(O)c1nc2ccccc2s1. The lowest BCUT2D eigenvalue weighted by Crippen LogP contribution is -2.50. The lowest BCUT2D eigenvalue weighted by Gasteiger charge is -2.25. The Hall–Kier alpha value is -2.72. The third kappa shape index (κ3) is 6.68. The summed E-state index contributed by atoms with van der Waals surface area (Å²) in [5.74, 6) is -0.776. The van der Waals surface area contributed by atoms with Crippen molar-refractivity contribution in [1.82, 2.24) is 20.9 Å². The van der Waals surface area contributed by atoms with Crippen LogP contribution in [0.5, 0.6) is 0 Å². The van der Waals surface area contributed by atoms with Crippen molar-refractivity contribution in [2.24, 2.45) is 5.73 Å². The Bertz CT molecular complexity index is 822. The van der Waals surface area contributed by atoms with Gasteiger partial charge in [-0.3, -0.25) is 15.0 Å². The Labute approximate surface area is 173 Å². The summed E-state index contributed by atoms with van der Waals surface area (Å²) in [4.78, 5) is 28.5. The predicted molar refractivity (Wildman–Crippen MR) is 114 cm³/mol. The lowest BCUT2D eigenvalue weighted by atomic mass is 10.0. The molecule has 29 heavy (non-hydrogen) atoms. The van der Waals surface area contributed by atoms with Gasteiger partial charge in [0.15, 0.2) is 5.96 Å². The number of para-hydroxylation sites is 1. The first-order valence-corrected chi connectivity index (χ1v) is 10.3. The fourth-order valence-corrected chi connectivity index (χ4v) is 3.94. The molecule has 0 aliphatic rings. The van der Waals surface area contributed by atoms with Gasteiger partial charge in [0.05, 0.1) is 16.3 Å². The van der Waals surface area contributed by atoms with E-state index in [1.54, 1.807) is 6.92 Å². The van der Waals surface area contributed by atoms with E-state index in [0.29, 0.717) is 30.8 Å². The van der Waals surface area contributed by atoms with Crippen molar-refractivity contribution in [1.29, 1.82) is 5.41 Å². The Balaban J connectivity index is 2.14. The van der Waals surface area contributed by atoms with Crippen LogP contribution >= 0.6 is 11.3 Å². The number of guanidine groups is 1. The van der Waals surface area contributed by atoms with Crippen molar-refractivity contribution in [2.45, 2.75) is 51.3 Å². The number of hydrogen-bond donors (Lipinski definition) is 6. The number of hydrogen-bond acceptors (Lipinski definition) is 6. The molecule has 3 unspecified atom stereocenters. The molecule has 3 atom stereocenters. The zero-order valence-corrected chi connectivity index (χ0v) is 17.4. The molecule has 1 aromatic carbocycles. The van der Waals surface area contributed by atoms with Gasteiger partial charge < -0.3 is 26.8 Å². The number of rotatable bonds is 10. The largest absolute Gasteiger partial charge is 0.384 e. The fraction of sp³-hybridized carbons (Fsp3) is 0.474. The first-order valence-electron chi connectivity index (χ1n) is 9.50. The zero-order chi connectivity index (χ0) is 21.4. The summed E-state index contributed by atoms with van der Waals surface area (Å²) >= 11 is 1.38. The van der Waals surface area contributed by atoms with Crippen molar-refractivity contribution >= 4 is 39.3 Å². The molecular weight excluding hydrogens is 392 g/mol. The highest BCUT2D eigenvalue weighted by molar-refractivity contribution is 7.18. The number of aromatic nitrogens is 1. The van der Waals surface area contributed by atoms with Gasteiger partial charge in [-0.05, 0) is 31.4 Å². The van der Waals surface area contributed by atoms with Crippen LogP contribution in [-0.4, -0.2) is 46.5 Å². The molecule has 0 spiro atoms. The number of nitrogens with zero attached hydrogens (tertiary/aromatic N) is 1. The van der Waals surface area contributed by atoms with E-state index >= 15 is 0 Å². The maximum atomic E-state index is 12.6. The average molecular weight is 421 g/mol. The Kier molecular flexibility index (Phi) is 8.34. The number of nitrogens with one attached hydrogen (secondary N) is 4. The minimum atomic E-state index is -0.997. The van der Waals surface area contributed by atoms with Gasteiger partial charge in [0, 0.05) is 13.5 Å². The number of nitrogens with two attached hydrogens (primary N) is 1. The highest BCUT2D eigenvalue weighted by Crippen LogP contribution is 2.29. The molecule has 10 heteroatoms. The molecule has 9 nitrogen and oxygen atoms in total. The van der Waals surface area contributed by atoms with Crippen LogP contribution in [-0.2, 0) is 9.59 Å². The molecule has 0 aliphatic heterocycles. The van der Waals surface area contributed by atoms with Crippen LogP contribution in [0.4, 0.5) is 0 Å². The van der Waals surface area contributed by atoms with Crippen LogP contribution in [0.1, 0.15) is 44.2 Å². The third-order valence-corrected chi connectivity index (χ3v) is 5.49. The van der Waals surface area contributed by atoms with E-state index in [2.05, 4.69) is 20.9 Å². The molecule has 2 rings (SSSR count). The molecular formula is C19H28N6O3S. The quantitative estimate of drug-likeness (QED) is 0.191. The summed E-state index contributed by atoms with van der Waals surface area (Å²) in [7, 11) is 0. The number of aliphatic hydroxyl groups is 1. The molecule has 1 heterocycles. The second-order valence-electron chi connectivity index (χ2n) is 6.72. The molecule has 0 saturated carbocycles. The van der Waals surface area contributed by atoms with Gasteiger partial charge in [-0.2, -0.15) is 0 Å². The minimum absolute atomic E-state index is 0.131. The Morgan fingerprint density at radius 3 is 2.66 bits per heavy atom. The summed E-state index contributed by atoms with van der Waals surface area (Å²) in [5.41, 5.74) is 6.08. The smallest absolute Gasteiger partial charge is 0.242 e. The Morgan fingerprint density at radius 2 is 2.03 bits per heavy atom. The third-order valence-electron chi connectivity index (χ3n) is 4.38. The minimum Gasteiger partial charge on any atom is -0.384 e.